The molecule has 1 aliphatic rings. The van der Waals surface area contributed by atoms with E-state index in [0.29, 0.717) is 0 Å². The molecule has 0 radical (unpaired) electrons. The molecule has 2 atom stereocenters. The third-order valence-electron chi connectivity index (χ3n) is 2.75. The Kier molecular flexibility index (Phi) is 7.88. The minimum atomic E-state index is -3.69. The van der Waals surface area contributed by atoms with Crippen molar-refractivity contribution < 1.29 is 4.79 Å². The number of nitrogens with one attached hydrogen (secondary N) is 1. The smallest absolute Gasteiger partial charge is 0.234 e. The first-order valence-corrected chi connectivity index (χ1v) is 13.8. The van der Waals surface area contributed by atoms with E-state index < -0.39 is 3.37 Å². The molecule has 1 fully saturated rings. The van der Waals surface area contributed by atoms with Crippen LogP contribution in [0.25, 0.3) is 0 Å². The molecule has 2 unspecified atom stereocenters. The van der Waals surface area contributed by atoms with Gasteiger partial charge in [-0.15, -0.1) is 0 Å². The number of alkyl halides is 1. The van der Waals surface area contributed by atoms with Gasteiger partial charge < -0.3 is 5.32 Å². The van der Waals surface area contributed by atoms with Crippen molar-refractivity contribution in [2.75, 3.05) is 0 Å². The molecule has 0 aromatic heterocycles. The zero-order valence-electron chi connectivity index (χ0n) is 10.8. The number of rotatable bonds is 1. The summed E-state index contributed by atoms with van der Waals surface area (Å²) in [7, 11) is 0. The van der Waals surface area contributed by atoms with Crippen molar-refractivity contribution in [3.63, 3.8) is 0 Å². The monoisotopic (exact) mass is 473 g/mol. The second kappa shape index (κ2) is 8.24. The Bertz CT molecular complexity index is 463. The van der Waals surface area contributed by atoms with Gasteiger partial charge in [-0.25, -0.2) is 0 Å². The van der Waals surface area contributed by atoms with E-state index in [1.165, 1.54) is 5.56 Å². The van der Waals surface area contributed by atoms with Gasteiger partial charge in [0.1, 0.15) is 0 Å². The van der Waals surface area contributed by atoms with Gasteiger partial charge in [-0.2, -0.15) is 0 Å². The minimum Gasteiger partial charge on any atom is -0.348 e. The molecule has 1 aromatic rings. The van der Waals surface area contributed by atoms with Crippen molar-refractivity contribution in [1.29, 1.82) is 0 Å². The van der Waals surface area contributed by atoms with Gasteiger partial charge >= 0.3 is 59.6 Å². The maximum absolute atomic E-state index is 11.6. The Hall–Kier alpha value is 1.05. The maximum Gasteiger partial charge on any atom is 0.234 e. The number of carbonyl (C=O) groups is 1. The fourth-order valence-corrected chi connectivity index (χ4v) is 2.36. The molecule has 0 saturated carbocycles. The summed E-state index contributed by atoms with van der Waals surface area (Å²) < 4.78 is -3.69. The second-order valence-corrected chi connectivity index (χ2v) is 22.2. The van der Waals surface area contributed by atoms with Gasteiger partial charge in [-0.3, -0.25) is 4.79 Å². The Morgan fingerprint density at radius 3 is 2.10 bits per heavy atom. The topological polar surface area (TPSA) is 29.1 Å². The molecule has 0 aliphatic carbocycles. The van der Waals surface area contributed by atoms with Gasteiger partial charge in [0.05, 0.1) is 10.9 Å². The quantitative estimate of drug-likeness (QED) is 0.340. The molecule has 120 valence electrons. The van der Waals surface area contributed by atoms with Crippen LogP contribution in [-0.4, -0.2) is 10.7 Å². The van der Waals surface area contributed by atoms with Gasteiger partial charge in [0.15, 0.2) is 0 Å². The molecule has 9 heteroatoms. The van der Waals surface area contributed by atoms with Crippen LogP contribution < -0.4 is 5.32 Å². The van der Waals surface area contributed by atoms with Crippen LogP contribution in [0.4, 0.5) is 0 Å². The van der Waals surface area contributed by atoms with Crippen molar-refractivity contribution in [2.45, 2.75) is 30.1 Å². The van der Waals surface area contributed by atoms with Gasteiger partial charge in [-0.05, 0) is 24.8 Å². The third-order valence-corrected chi connectivity index (χ3v) is 3.63. The van der Waals surface area contributed by atoms with Crippen LogP contribution in [-0.2, 0) is 4.79 Å². The summed E-state index contributed by atoms with van der Waals surface area (Å²) in [6.45, 7) is 0. The Morgan fingerprint density at radius 1 is 1.05 bits per heavy atom. The van der Waals surface area contributed by atoms with E-state index in [0.717, 1.165) is 19.3 Å². The van der Waals surface area contributed by atoms with Gasteiger partial charge in [0, 0.05) is 0 Å². The van der Waals surface area contributed by atoms with E-state index in [-0.39, 0.29) is 16.8 Å². The van der Waals surface area contributed by atoms with E-state index in [4.69, 9.17) is 56.2 Å². The van der Waals surface area contributed by atoms with Crippen LogP contribution in [0.5, 0.6) is 0 Å². The Labute approximate surface area is 156 Å². The first-order valence-electron chi connectivity index (χ1n) is 6.11. The van der Waals surface area contributed by atoms with Crippen LogP contribution in [0, 0.1) is 0 Å². The molecule has 1 amide bonds. The van der Waals surface area contributed by atoms with E-state index in [2.05, 4.69) is 33.4 Å². The molecule has 1 N–H and O–H groups in total. The fourth-order valence-electron chi connectivity index (χ4n) is 1.90. The predicted octanol–water partition coefficient (Wildman–Crippen LogP) is 7.10. The molecule has 1 heterocycles. The SMILES string of the molecule is ClP(Cl)(Cl)(Cl)Cl.O=C1NC(c2ccccc2)CCCC1Br. The first kappa shape index (κ1) is 20.1. The van der Waals surface area contributed by atoms with Crippen LogP contribution in [0.1, 0.15) is 30.9 Å². The molecule has 21 heavy (non-hydrogen) atoms. The average molecular weight is 476 g/mol. The first-order chi connectivity index (χ1) is 9.51. The van der Waals surface area contributed by atoms with Gasteiger partial charge in [0.2, 0.25) is 5.91 Å². The molecule has 2 nitrogen and oxygen atoms in total. The largest absolute Gasteiger partial charge is 0.348 e. The molecule has 1 aromatic carbocycles. The molecule has 1 saturated heterocycles. The summed E-state index contributed by atoms with van der Waals surface area (Å²) in [4.78, 5) is 11.6. The van der Waals surface area contributed by atoms with Gasteiger partial charge in [-0.1, -0.05) is 46.3 Å². The molecule has 0 spiro atoms. The van der Waals surface area contributed by atoms with E-state index in [9.17, 15) is 4.79 Å². The van der Waals surface area contributed by atoms with Crippen LogP contribution in [0.3, 0.4) is 0 Å². The van der Waals surface area contributed by atoms with Crippen molar-refractivity contribution >= 4 is 81.4 Å². The Morgan fingerprint density at radius 2 is 1.57 bits per heavy atom. The van der Waals surface area contributed by atoms with Crippen molar-refractivity contribution in [3.8, 4) is 0 Å². The number of carbonyl (C=O) groups excluding carboxylic acids is 1. The predicted molar refractivity (Wildman–Crippen MR) is 100 cm³/mol. The van der Waals surface area contributed by atoms with Crippen LogP contribution >= 0.6 is 75.5 Å². The summed E-state index contributed by atoms with van der Waals surface area (Å²) in [5.41, 5.74) is 1.20. The summed E-state index contributed by atoms with van der Waals surface area (Å²) >= 11 is 28.3. The zero-order valence-corrected chi connectivity index (χ0v) is 17.0. The summed E-state index contributed by atoms with van der Waals surface area (Å²) in [5, 5.41) is 3.06. The summed E-state index contributed by atoms with van der Waals surface area (Å²) in [5.74, 6) is 0.112. The molecular formula is C12H14BrCl5NOP. The standard InChI is InChI=1S/C12H14BrNO.Cl5P/c13-10-7-4-8-11(14-12(10)15)9-5-2-1-3-6-9;1-6(2,3,4)5/h1-3,5-6,10-11H,4,7-8H2,(H,14,15);. The van der Waals surface area contributed by atoms with E-state index >= 15 is 0 Å². The number of benzene rings is 1. The molecule has 2 rings (SSSR count). The molecule has 0 bridgehead atoms. The molecule has 1 aliphatic heterocycles. The van der Waals surface area contributed by atoms with Crippen molar-refractivity contribution in [1.82, 2.24) is 5.32 Å². The maximum atomic E-state index is 11.6. The summed E-state index contributed by atoms with van der Waals surface area (Å²) in [6, 6.07) is 10.3. The number of hydrogen-bond donors (Lipinski definition) is 1. The fraction of sp³-hybridized carbons (Fsp3) is 0.417. The number of halogens is 6. The molecular weight excluding hydrogens is 462 g/mol. The van der Waals surface area contributed by atoms with E-state index in [1.807, 2.05) is 18.2 Å². The third kappa shape index (κ3) is 10.4. The average Bonchev–Trinajstić information content (AvgIpc) is 2.50. The summed E-state index contributed by atoms with van der Waals surface area (Å²) in [6.07, 6.45) is 3.03. The Balaban J connectivity index is 0.000000315. The van der Waals surface area contributed by atoms with E-state index in [1.54, 1.807) is 0 Å². The zero-order chi connectivity index (χ0) is 16.1. The number of hydrogen-bond acceptors (Lipinski definition) is 1. The minimum absolute atomic E-state index is 0.0220. The van der Waals surface area contributed by atoms with Crippen LogP contribution in [0.15, 0.2) is 30.3 Å². The number of amides is 1. The van der Waals surface area contributed by atoms with Crippen molar-refractivity contribution in [3.05, 3.63) is 35.9 Å². The second-order valence-electron chi connectivity index (χ2n) is 4.51. The van der Waals surface area contributed by atoms with Crippen molar-refractivity contribution in [2.24, 2.45) is 0 Å². The normalized spacial score (nSPS) is 24.7. The van der Waals surface area contributed by atoms with Gasteiger partial charge in [0.25, 0.3) is 0 Å². The van der Waals surface area contributed by atoms with Crippen LogP contribution in [0.2, 0.25) is 0 Å².